The molecule has 0 atom stereocenters. The van der Waals surface area contributed by atoms with Crippen molar-refractivity contribution in [2.24, 2.45) is 0 Å². The van der Waals surface area contributed by atoms with Gasteiger partial charge >= 0.3 is 0 Å². The van der Waals surface area contributed by atoms with E-state index in [1.54, 1.807) is 4.90 Å². The van der Waals surface area contributed by atoms with E-state index in [4.69, 9.17) is 14.2 Å². The molecular weight excluding hydrogens is 308 g/mol. The SMILES string of the molecule is Cc1ccc2c(n1)OCCN2C(=O)Cc1ccc2c(c1)OCCO2. The van der Waals surface area contributed by atoms with Gasteiger partial charge in [0.2, 0.25) is 11.8 Å². The number of aromatic nitrogens is 1. The normalized spacial score (nSPS) is 15.5. The number of nitrogens with zero attached hydrogens (tertiary/aromatic N) is 2. The van der Waals surface area contributed by atoms with Crippen LogP contribution in [-0.4, -0.2) is 37.3 Å². The van der Waals surface area contributed by atoms with Gasteiger partial charge in [-0.1, -0.05) is 6.07 Å². The summed E-state index contributed by atoms with van der Waals surface area (Å²) in [5.41, 5.74) is 2.50. The average molecular weight is 326 g/mol. The van der Waals surface area contributed by atoms with Gasteiger partial charge in [-0.3, -0.25) is 4.79 Å². The van der Waals surface area contributed by atoms with Crippen LogP contribution in [0.5, 0.6) is 17.4 Å². The summed E-state index contributed by atoms with van der Waals surface area (Å²) >= 11 is 0. The largest absolute Gasteiger partial charge is 0.486 e. The van der Waals surface area contributed by atoms with E-state index in [0.29, 0.717) is 44.4 Å². The molecule has 0 radical (unpaired) electrons. The molecule has 6 heteroatoms. The van der Waals surface area contributed by atoms with Crippen LogP contribution in [0.15, 0.2) is 30.3 Å². The fraction of sp³-hybridized carbons (Fsp3) is 0.333. The third-order valence-corrected chi connectivity index (χ3v) is 4.09. The second-order valence-electron chi connectivity index (χ2n) is 5.83. The lowest BCUT2D eigenvalue weighted by Gasteiger charge is -2.29. The molecule has 1 aromatic heterocycles. The van der Waals surface area contributed by atoms with Crippen molar-refractivity contribution in [2.45, 2.75) is 13.3 Å². The van der Waals surface area contributed by atoms with Crippen molar-refractivity contribution in [3.05, 3.63) is 41.6 Å². The molecule has 0 bridgehead atoms. The van der Waals surface area contributed by atoms with E-state index in [-0.39, 0.29) is 5.91 Å². The van der Waals surface area contributed by atoms with Gasteiger partial charge in [0.05, 0.1) is 13.0 Å². The molecule has 2 aliphatic rings. The maximum absolute atomic E-state index is 12.8. The second kappa shape index (κ2) is 6.03. The van der Waals surface area contributed by atoms with Crippen LogP contribution >= 0.6 is 0 Å². The van der Waals surface area contributed by atoms with Crippen molar-refractivity contribution in [1.29, 1.82) is 0 Å². The van der Waals surface area contributed by atoms with Gasteiger partial charge in [0.25, 0.3) is 0 Å². The van der Waals surface area contributed by atoms with Gasteiger partial charge in [0, 0.05) is 5.69 Å². The van der Waals surface area contributed by atoms with Crippen molar-refractivity contribution in [2.75, 3.05) is 31.3 Å². The van der Waals surface area contributed by atoms with E-state index in [0.717, 1.165) is 22.7 Å². The van der Waals surface area contributed by atoms with Crippen LogP contribution in [0.2, 0.25) is 0 Å². The Hall–Kier alpha value is -2.76. The first-order valence-corrected chi connectivity index (χ1v) is 8.00. The average Bonchev–Trinajstić information content (AvgIpc) is 2.60. The van der Waals surface area contributed by atoms with Crippen LogP contribution < -0.4 is 19.1 Å². The lowest BCUT2D eigenvalue weighted by Crippen LogP contribution is -2.39. The first kappa shape index (κ1) is 14.8. The number of hydrogen-bond acceptors (Lipinski definition) is 5. The summed E-state index contributed by atoms with van der Waals surface area (Å²) < 4.78 is 16.7. The van der Waals surface area contributed by atoms with Crippen LogP contribution in [-0.2, 0) is 11.2 Å². The summed E-state index contributed by atoms with van der Waals surface area (Å²) in [6.45, 7) is 3.98. The first-order chi connectivity index (χ1) is 11.7. The molecule has 0 fully saturated rings. The topological polar surface area (TPSA) is 60.9 Å². The lowest BCUT2D eigenvalue weighted by atomic mass is 10.1. The molecule has 2 aliphatic heterocycles. The highest BCUT2D eigenvalue weighted by molar-refractivity contribution is 5.96. The Kier molecular flexibility index (Phi) is 3.72. The molecule has 0 unspecified atom stereocenters. The minimum absolute atomic E-state index is 0.0156. The number of aryl methyl sites for hydroxylation is 1. The quantitative estimate of drug-likeness (QED) is 0.846. The minimum Gasteiger partial charge on any atom is -0.486 e. The van der Waals surface area contributed by atoms with Crippen molar-refractivity contribution < 1.29 is 19.0 Å². The lowest BCUT2D eigenvalue weighted by molar-refractivity contribution is -0.118. The number of anilines is 1. The smallest absolute Gasteiger partial charge is 0.238 e. The molecule has 2 aromatic rings. The monoisotopic (exact) mass is 326 g/mol. The minimum atomic E-state index is 0.0156. The summed E-state index contributed by atoms with van der Waals surface area (Å²) in [7, 11) is 0. The number of fused-ring (bicyclic) bond motifs is 2. The van der Waals surface area contributed by atoms with Gasteiger partial charge in [-0.05, 0) is 36.8 Å². The van der Waals surface area contributed by atoms with Crippen molar-refractivity contribution >= 4 is 11.6 Å². The standard InChI is InChI=1S/C18H18N2O4/c1-12-2-4-14-18(19-12)24-7-6-20(14)17(21)11-13-3-5-15-16(10-13)23-9-8-22-15/h2-5,10H,6-9,11H2,1H3. The molecule has 0 N–H and O–H groups in total. The maximum Gasteiger partial charge on any atom is 0.238 e. The summed E-state index contributed by atoms with van der Waals surface area (Å²) in [6, 6.07) is 9.41. The third-order valence-electron chi connectivity index (χ3n) is 4.09. The van der Waals surface area contributed by atoms with Crippen molar-refractivity contribution in [3.8, 4) is 17.4 Å². The van der Waals surface area contributed by atoms with Crippen LogP contribution in [0, 0.1) is 6.92 Å². The maximum atomic E-state index is 12.8. The summed E-state index contributed by atoms with van der Waals surface area (Å²) in [4.78, 5) is 18.9. The summed E-state index contributed by atoms with van der Waals surface area (Å²) in [5, 5.41) is 0. The molecule has 0 saturated carbocycles. The van der Waals surface area contributed by atoms with E-state index in [9.17, 15) is 4.79 Å². The van der Waals surface area contributed by atoms with Crippen molar-refractivity contribution in [3.63, 3.8) is 0 Å². The van der Waals surface area contributed by atoms with E-state index in [1.807, 2.05) is 37.3 Å². The zero-order valence-corrected chi connectivity index (χ0v) is 13.4. The number of ether oxygens (including phenoxy) is 3. The zero-order valence-electron chi connectivity index (χ0n) is 13.4. The van der Waals surface area contributed by atoms with Gasteiger partial charge in [-0.25, -0.2) is 4.98 Å². The predicted molar refractivity (Wildman–Crippen MR) is 88.0 cm³/mol. The van der Waals surface area contributed by atoms with E-state index in [2.05, 4.69) is 4.98 Å². The number of benzene rings is 1. The molecule has 0 saturated heterocycles. The van der Waals surface area contributed by atoms with Crippen LogP contribution in [0.4, 0.5) is 5.69 Å². The Morgan fingerprint density at radius 2 is 1.92 bits per heavy atom. The number of carbonyl (C=O) groups is 1. The number of hydrogen-bond donors (Lipinski definition) is 0. The van der Waals surface area contributed by atoms with E-state index in [1.165, 1.54) is 0 Å². The number of amides is 1. The number of rotatable bonds is 2. The second-order valence-corrected chi connectivity index (χ2v) is 5.83. The van der Waals surface area contributed by atoms with Gasteiger partial charge < -0.3 is 19.1 Å². The molecule has 6 nitrogen and oxygen atoms in total. The first-order valence-electron chi connectivity index (χ1n) is 8.00. The molecule has 24 heavy (non-hydrogen) atoms. The van der Waals surface area contributed by atoms with Crippen LogP contribution in [0.3, 0.4) is 0 Å². The fourth-order valence-electron chi connectivity index (χ4n) is 2.92. The molecule has 0 spiro atoms. The molecule has 3 heterocycles. The molecule has 124 valence electrons. The summed E-state index contributed by atoms with van der Waals surface area (Å²) in [6.07, 6.45) is 0.296. The molecule has 0 aliphatic carbocycles. The highest BCUT2D eigenvalue weighted by Gasteiger charge is 2.25. The summed E-state index contributed by atoms with van der Waals surface area (Å²) in [5.74, 6) is 1.97. The van der Waals surface area contributed by atoms with E-state index < -0.39 is 0 Å². The van der Waals surface area contributed by atoms with Crippen molar-refractivity contribution in [1.82, 2.24) is 4.98 Å². The Bertz CT molecular complexity index is 791. The highest BCUT2D eigenvalue weighted by atomic mass is 16.6. The Balaban J connectivity index is 1.55. The van der Waals surface area contributed by atoms with Crippen LogP contribution in [0.1, 0.15) is 11.3 Å². The molecule has 1 amide bonds. The Labute approximate surface area is 140 Å². The van der Waals surface area contributed by atoms with Crippen LogP contribution in [0.25, 0.3) is 0 Å². The van der Waals surface area contributed by atoms with Gasteiger partial charge in [0.15, 0.2) is 11.5 Å². The number of carbonyl (C=O) groups excluding carboxylic acids is 1. The Morgan fingerprint density at radius 1 is 1.08 bits per heavy atom. The molecular formula is C18H18N2O4. The van der Waals surface area contributed by atoms with Gasteiger partial charge in [0.1, 0.15) is 25.5 Å². The zero-order chi connectivity index (χ0) is 16.5. The number of pyridine rings is 1. The third kappa shape index (κ3) is 2.75. The van der Waals surface area contributed by atoms with Gasteiger partial charge in [-0.2, -0.15) is 0 Å². The molecule has 1 aromatic carbocycles. The Morgan fingerprint density at radius 3 is 2.79 bits per heavy atom. The van der Waals surface area contributed by atoms with E-state index >= 15 is 0 Å². The fourth-order valence-corrected chi connectivity index (χ4v) is 2.92. The molecule has 4 rings (SSSR count). The van der Waals surface area contributed by atoms with Gasteiger partial charge in [-0.15, -0.1) is 0 Å². The highest BCUT2D eigenvalue weighted by Crippen LogP contribution is 2.32. The predicted octanol–water partition coefficient (Wildman–Crippen LogP) is 2.13.